The van der Waals surface area contributed by atoms with Gasteiger partial charge in [-0.05, 0) is 43.7 Å². The third-order valence-corrected chi connectivity index (χ3v) is 6.27. The van der Waals surface area contributed by atoms with E-state index in [1.165, 1.54) is 10.4 Å². The summed E-state index contributed by atoms with van der Waals surface area (Å²) in [5.74, 6) is 0.465. The van der Waals surface area contributed by atoms with Crippen LogP contribution in [-0.2, 0) is 14.8 Å². The van der Waals surface area contributed by atoms with Gasteiger partial charge in [0.2, 0.25) is 15.9 Å². The Kier molecular flexibility index (Phi) is 5.58. The van der Waals surface area contributed by atoms with Crippen LogP contribution in [0.4, 0.5) is 0 Å². The predicted molar refractivity (Wildman–Crippen MR) is 98.9 cm³/mol. The normalized spacial score (nSPS) is 16.7. The van der Waals surface area contributed by atoms with E-state index in [0.29, 0.717) is 36.7 Å². The van der Waals surface area contributed by atoms with Crippen molar-refractivity contribution in [3.05, 3.63) is 60.1 Å². The van der Waals surface area contributed by atoms with Gasteiger partial charge >= 0.3 is 0 Å². The SMILES string of the molecule is Cc1ccc(S(=O)(=O)N2CCCN(C(=O)C=Cc3ccco3)CC2)cc1. The number of carbonyl (C=O) groups is 1. The molecule has 2 heterocycles. The molecule has 1 aliphatic heterocycles. The minimum atomic E-state index is -3.54. The second-order valence-electron chi connectivity index (χ2n) is 6.24. The molecule has 138 valence electrons. The van der Waals surface area contributed by atoms with Gasteiger partial charge in [0.05, 0.1) is 11.2 Å². The van der Waals surface area contributed by atoms with Crippen LogP contribution in [0.3, 0.4) is 0 Å². The van der Waals surface area contributed by atoms with Crippen molar-refractivity contribution in [2.24, 2.45) is 0 Å². The Morgan fingerprint density at radius 3 is 2.54 bits per heavy atom. The maximum absolute atomic E-state index is 12.8. The number of sulfonamides is 1. The van der Waals surface area contributed by atoms with Crippen molar-refractivity contribution in [3.63, 3.8) is 0 Å². The molecule has 0 bridgehead atoms. The molecule has 0 saturated carbocycles. The van der Waals surface area contributed by atoms with Crippen LogP contribution in [0, 0.1) is 6.92 Å². The van der Waals surface area contributed by atoms with Crippen LogP contribution in [0.25, 0.3) is 6.08 Å². The van der Waals surface area contributed by atoms with Gasteiger partial charge in [0.25, 0.3) is 0 Å². The summed E-state index contributed by atoms with van der Waals surface area (Å²) < 4.78 is 32.2. The van der Waals surface area contributed by atoms with Crippen molar-refractivity contribution in [1.82, 2.24) is 9.21 Å². The van der Waals surface area contributed by atoms with Gasteiger partial charge in [-0.15, -0.1) is 0 Å². The molecule has 7 heteroatoms. The van der Waals surface area contributed by atoms with Crippen molar-refractivity contribution in [2.45, 2.75) is 18.2 Å². The fourth-order valence-corrected chi connectivity index (χ4v) is 4.33. The largest absolute Gasteiger partial charge is 0.465 e. The fraction of sp³-hybridized carbons (Fsp3) is 0.316. The van der Waals surface area contributed by atoms with E-state index in [0.717, 1.165) is 5.56 Å². The molecule has 0 unspecified atom stereocenters. The lowest BCUT2D eigenvalue weighted by molar-refractivity contribution is -0.125. The number of rotatable bonds is 4. The number of hydrogen-bond acceptors (Lipinski definition) is 4. The van der Waals surface area contributed by atoms with E-state index in [1.54, 1.807) is 53.6 Å². The van der Waals surface area contributed by atoms with Crippen LogP contribution in [0.5, 0.6) is 0 Å². The minimum Gasteiger partial charge on any atom is -0.465 e. The zero-order valence-electron chi connectivity index (χ0n) is 14.7. The summed E-state index contributed by atoms with van der Waals surface area (Å²) in [6, 6.07) is 10.4. The smallest absolute Gasteiger partial charge is 0.246 e. The molecular weight excluding hydrogens is 352 g/mol. The molecule has 1 saturated heterocycles. The average molecular weight is 374 g/mol. The third kappa shape index (κ3) is 4.23. The fourth-order valence-electron chi connectivity index (χ4n) is 2.86. The molecule has 3 rings (SSSR count). The molecule has 1 fully saturated rings. The molecule has 6 nitrogen and oxygen atoms in total. The molecule has 1 amide bonds. The number of hydrogen-bond donors (Lipinski definition) is 0. The Bertz CT molecular complexity index is 871. The number of carbonyl (C=O) groups excluding carboxylic acids is 1. The maximum Gasteiger partial charge on any atom is 0.246 e. The van der Waals surface area contributed by atoms with Gasteiger partial charge in [0, 0.05) is 32.3 Å². The van der Waals surface area contributed by atoms with Crippen LogP contribution in [-0.4, -0.2) is 49.7 Å². The topological polar surface area (TPSA) is 70.8 Å². The first kappa shape index (κ1) is 18.4. The van der Waals surface area contributed by atoms with E-state index in [4.69, 9.17) is 4.42 Å². The van der Waals surface area contributed by atoms with Crippen LogP contribution < -0.4 is 0 Å². The lowest BCUT2D eigenvalue weighted by atomic mass is 10.2. The van der Waals surface area contributed by atoms with Gasteiger partial charge in [-0.3, -0.25) is 4.79 Å². The van der Waals surface area contributed by atoms with E-state index < -0.39 is 10.0 Å². The summed E-state index contributed by atoms with van der Waals surface area (Å²) in [4.78, 5) is 14.3. The number of amides is 1. The number of benzene rings is 1. The van der Waals surface area contributed by atoms with Gasteiger partial charge in [0.15, 0.2) is 0 Å². The van der Waals surface area contributed by atoms with E-state index >= 15 is 0 Å². The molecule has 0 N–H and O–H groups in total. The number of furan rings is 1. The summed E-state index contributed by atoms with van der Waals surface area (Å²) in [6.45, 7) is 3.51. The minimum absolute atomic E-state index is 0.143. The van der Waals surface area contributed by atoms with Crippen molar-refractivity contribution >= 4 is 22.0 Å². The first-order valence-corrected chi connectivity index (χ1v) is 9.98. The van der Waals surface area contributed by atoms with E-state index in [1.807, 2.05) is 6.92 Å². The number of nitrogens with zero attached hydrogens (tertiary/aromatic N) is 2. The van der Waals surface area contributed by atoms with Crippen molar-refractivity contribution in [1.29, 1.82) is 0 Å². The average Bonchev–Trinajstić information content (AvgIpc) is 3.01. The highest BCUT2D eigenvalue weighted by Crippen LogP contribution is 2.18. The highest BCUT2D eigenvalue weighted by molar-refractivity contribution is 7.89. The van der Waals surface area contributed by atoms with E-state index in [9.17, 15) is 13.2 Å². The van der Waals surface area contributed by atoms with Gasteiger partial charge in [-0.25, -0.2) is 8.42 Å². The quantitative estimate of drug-likeness (QED) is 0.771. The molecule has 2 aromatic rings. The first-order chi connectivity index (χ1) is 12.5. The van der Waals surface area contributed by atoms with Gasteiger partial charge in [-0.1, -0.05) is 17.7 Å². The predicted octanol–water partition coefficient (Wildman–Crippen LogP) is 2.52. The zero-order chi connectivity index (χ0) is 18.6. The van der Waals surface area contributed by atoms with Crippen molar-refractivity contribution < 1.29 is 17.6 Å². The molecule has 0 radical (unpaired) electrons. The Labute approximate surface area is 153 Å². The lowest BCUT2D eigenvalue weighted by Crippen LogP contribution is -2.36. The van der Waals surface area contributed by atoms with Crippen LogP contribution in [0.1, 0.15) is 17.7 Å². The van der Waals surface area contributed by atoms with E-state index in [-0.39, 0.29) is 12.5 Å². The standard InChI is InChI=1S/C19H22N2O4S/c1-16-5-8-18(9-6-16)26(23,24)21-12-3-11-20(13-14-21)19(22)10-7-17-4-2-15-25-17/h2,4-10,15H,3,11-14H2,1H3. The first-order valence-electron chi connectivity index (χ1n) is 8.54. The molecule has 1 aromatic carbocycles. The van der Waals surface area contributed by atoms with Crippen LogP contribution >= 0.6 is 0 Å². The molecule has 1 aliphatic rings. The molecule has 0 spiro atoms. The molecule has 26 heavy (non-hydrogen) atoms. The highest BCUT2D eigenvalue weighted by atomic mass is 32.2. The molecule has 0 atom stereocenters. The van der Waals surface area contributed by atoms with Crippen LogP contribution in [0.15, 0.2) is 58.1 Å². The van der Waals surface area contributed by atoms with Gasteiger partial charge in [-0.2, -0.15) is 4.31 Å². The highest BCUT2D eigenvalue weighted by Gasteiger charge is 2.27. The van der Waals surface area contributed by atoms with Crippen molar-refractivity contribution in [3.8, 4) is 0 Å². The van der Waals surface area contributed by atoms with Crippen LogP contribution in [0.2, 0.25) is 0 Å². The zero-order valence-corrected chi connectivity index (χ0v) is 15.5. The second-order valence-corrected chi connectivity index (χ2v) is 8.18. The summed E-state index contributed by atoms with van der Waals surface area (Å²) in [7, 11) is -3.54. The second kappa shape index (κ2) is 7.88. The summed E-state index contributed by atoms with van der Waals surface area (Å²) in [5.41, 5.74) is 1.01. The van der Waals surface area contributed by atoms with Gasteiger partial charge < -0.3 is 9.32 Å². The summed E-state index contributed by atoms with van der Waals surface area (Å²) in [5, 5.41) is 0. The van der Waals surface area contributed by atoms with Crippen molar-refractivity contribution in [2.75, 3.05) is 26.2 Å². The summed E-state index contributed by atoms with van der Waals surface area (Å²) >= 11 is 0. The lowest BCUT2D eigenvalue weighted by Gasteiger charge is -2.21. The molecule has 1 aromatic heterocycles. The Balaban J connectivity index is 1.66. The maximum atomic E-state index is 12.8. The third-order valence-electron chi connectivity index (χ3n) is 4.36. The molecule has 0 aliphatic carbocycles. The Morgan fingerprint density at radius 1 is 1.08 bits per heavy atom. The van der Waals surface area contributed by atoms with E-state index in [2.05, 4.69) is 0 Å². The molecular formula is C19H22N2O4S. The van der Waals surface area contributed by atoms with Gasteiger partial charge in [0.1, 0.15) is 5.76 Å². The Hall–Kier alpha value is -2.38. The summed E-state index contributed by atoms with van der Waals surface area (Å²) in [6.07, 6.45) is 5.23. The Morgan fingerprint density at radius 2 is 1.85 bits per heavy atom. The number of aryl methyl sites for hydroxylation is 1. The monoisotopic (exact) mass is 374 g/mol.